The van der Waals surface area contributed by atoms with Gasteiger partial charge in [0.25, 0.3) is 5.91 Å². The van der Waals surface area contributed by atoms with Crippen LogP contribution in [0.1, 0.15) is 19.8 Å². The highest BCUT2D eigenvalue weighted by atomic mass is 35.5. The molecular weight excluding hydrogens is 433 g/mol. The number of nitrogens with two attached hydrogens (primary N) is 1. The van der Waals surface area contributed by atoms with Crippen molar-refractivity contribution in [3.05, 3.63) is 28.2 Å². The Morgan fingerprint density at radius 1 is 1.21 bits per heavy atom. The Kier molecular flexibility index (Phi) is 7.27. The van der Waals surface area contributed by atoms with Crippen molar-refractivity contribution in [1.82, 2.24) is 9.62 Å². The number of sulfonamides is 1. The van der Waals surface area contributed by atoms with Gasteiger partial charge in [-0.25, -0.2) is 13.2 Å². The monoisotopic (exact) mass is 451 g/mol. The Hall–Kier alpha value is -1.88. The van der Waals surface area contributed by atoms with E-state index in [0.29, 0.717) is 0 Å². The third-order valence-corrected chi connectivity index (χ3v) is 7.07. The molecular formula is C16H19Cl2N3O6S. The molecule has 3 N–H and O–H groups in total. The molecule has 28 heavy (non-hydrogen) atoms. The van der Waals surface area contributed by atoms with E-state index in [-0.39, 0.29) is 40.9 Å². The topological polar surface area (TPSA) is 136 Å². The van der Waals surface area contributed by atoms with E-state index >= 15 is 0 Å². The molecule has 0 bridgehead atoms. The molecule has 1 aromatic rings. The molecule has 3 amide bonds. The lowest BCUT2D eigenvalue weighted by Crippen LogP contribution is -2.44. The van der Waals surface area contributed by atoms with Crippen LogP contribution in [0.15, 0.2) is 23.1 Å². The Balaban J connectivity index is 1.99. The normalized spacial score (nSPS) is 17.0. The lowest BCUT2D eigenvalue weighted by atomic mass is 9.98. The number of carbonyl (C=O) groups excluding carboxylic acids is 3. The molecule has 0 aromatic heterocycles. The van der Waals surface area contributed by atoms with Gasteiger partial charge in [0.1, 0.15) is 4.90 Å². The van der Waals surface area contributed by atoms with E-state index < -0.39 is 40.0 Å². The van der Waals surface area contributed by atoms with Crippen LogP contribution < -0.4 is 11.1 Å². The Labute approximate surface area is 172 Å². The molecule has 0 saturated carbocycles. The van der Waals surface area contributed by atoms with E-state index in [1.807, 2.05) is 5.32 Å². The largest absolute Gasteiger partial charge is 0.452 e. The Morgan fingerprint density at radius 2 is 1.75 bits per heavy atom. The molecule has 0 aliphatic carbocycles. The van der Waals surface area contributed by atoms with Gasteiger partial charge in [0.2, 0.25) is 10.0 Å². The molecule has 0 radical (unpaired) electrons. The number of primary amides is 1. The molecule has 9 nitrogen and oxygen atoms in total. The van der Waals surface area contributed by atoms with E-state index in [9.17, 15) is 22.8 Å². The molecule has 1 saturated heterocycles. The van der Waals surface area contributed by atoms with Gasteiger partial charge in [-0.2, -0.15) is 4.31 Å². The summed E-state index contributed by atoms with van der Waals surface area (Å²) in [4.78, 5) is 34.3. The molecule has 0 spiro atoms. The molecule has 12 heteroatoms. The molecule has 154 valence electrons. The average molecular weight is 452 g/mol. The zero-order chi connectivity index (χ0) is 21.1. The average Bonchev–Trinajstić information content (AvgIpc) is 2.60. The molecule has 1 heterocycles. The van der Waals surface area contributed by atoms with Crippen molar-refractivity contribution in [2.24, 2.45) is 11.7 Å². The van der Waals surface area contributed by atoms with Gasteiger partial charge in [-0.3, -0.25) is 14.9 Å². The molecule has 1 aliphatic heterocycles. The number of halogens is 2. The zero-order valence-corrected chi connectivity index (χ0v) is 17.2. The third kappa shape index (κ3) is 5.13. The second-order valence-corrected chi connectivity index (χ2v) is 8.85. The minimum Gasteiger partial charge on any atom is -0.452 e. The summed E-state index contributed by atoms with van der Waals surface area (Å²) in [6, 6.07) is 3.36. The summed E-state index contributed by atoms with van der Waals surface area (Å²) >= 11 is 12.0. The van der Waals surface area contributed by atoms with E-state index in [1.54, 1.807) is 6.07 Å². The number of piperidine rings is 1. The van der Waals surface area contributed by atoms with Crippen LogP contribution in [-0.2, 0) is 24.3 Å². The number of ether oxygens (including phenoxy) is 1. The number of amides is 3. The maximum atomic E-state index is 12.8. The number of hydrogen-bond donors (Lipinski definition) is 2. The van der Waals surface area contributed by atoms with Crippen LogP contribution in [0.2, 0.25) is 10.0 Å². The highest BCUT2D eigenvalue weighted by Gasteiger charge is 2.35. The van der Waals surface area contributed by atoms with Gasteiger partial charge in [0, 0.05) is 13.1 Å². The predicted octanol–water partition coefficient (Wildman–Crippen LogP) is 1.52. The molecule has 1 atom stereocenters. The number of esters is 1. The van der Waals surface area contributed by atoms with Gasteiger partial charge in [-0.1, -0.05) is 29.3 Å². The summed E-state index contributed by atoms with van der Waals surface area (Å²) in [5.74, 6) is -2.08. The van der Waals surface area contributed by atoms with Crippen molar-refractivity contribution < 1.29 is 27.5 Å². The van der Waals surface area contributed by atoms with E-state index in [0.717, 1.165) is 0 Å². The number of rotatable bonds is 5. The summed E-state index contributed by atoms with van der Waals surface area (Å²) in [5, 5.41) is 1.85. The highest BCUT2D eigenvalue weighted by Crippen LogP contribution is 2.33. The van der Waals surface area contributed by atoms with Gasteiger partial charge in [-0.05, 0) is 31.9 Å². The van der Waals surface area contributed by atoms with Gasteiger partial charge in [0.15, 0.2) is 6.10 Å². The minimum atomic E-state index is -3.92. The first-order chi connectivity index (χ1) is 13.0. The molecule has 1 aliphatic rings. The summed E-state index contributed by atoms with van der Waals surface area (Å²) in [6.45, 7) is 1.42. The maximum Gasteiger partial charge on any atom is 0.318 e. The van der Waals surface area contributed by atoms with Crippen molar-refractivity contribution in [2.75, 3.05) is 13.1 Å². The first-order valence-corrected chi connectivity index (χ1v) is 10.5. The van der Waals surface area contributed by atoms with Crippen LogP contribution in [0.3, 0.4) is 0 Å². The van der Waals surface area contributed by atoms with Gasteiger partial charge >= 0.3 is 12.0 Å². The second-order valence-electron chi connectivity index (χ2n) is 6.16. The number of carbonyl (C=O) groups is 3. The fourth-order valence-corrected chi connectivity index (χ4v) is 5.30. The Bertz CT molecular complexity index is 864. The molecule has 0 unspecified atom stereocenters. The number of hydrogen-bond acceptors (Lipinski definition) is 6. The van der Waals surface area contributed by atoms with E-state index in [1.165, 1.54) is 23.4 Å². The third-order valence-electron chi connectivity index (χ3n) is 4.21. The zero-order valence-electron chi connectivity index (χ0n) is 14.9. The van der Waals surface area contributed by atoms with Crippen molar-refractivity contribution in [3.63, 3.8) is 0 Å². The predicted molar refractivity (Wildman–Crippen MR) is 101 cm³/mol. The number of urea groups is 1. The first kappa shape index (κ1) is 22.4. The first-order valence-electron chi connectivity index (χ1n) is 8.29. The highest BCUT2D eigenvalue weighted by molar-refractivity contribution is 7.89. The summed E-state index contributed by atoms with van der Waals surface area (Å²) in [7, 11) is -3.92. The van der Waals surface area contributed by atoms with Gasteiger partial charge in [-0.15, -0.1) is 0 Å². The molecule has 2 rings (SSSR count). The Morgan fingerprint density at radius 3 is 2.25 bits per heavy atom. The quantitative estimate of drug-likeness (QED) is 0.651. The lowest BCUT2D eigenvalue weighted by Gasteiger charge is -2.31. The van der Waals surface area contributed by atoms with E-state index in [4.69, 9.17) is 33.7 Å². The smallest absolute Gasteiger partial charge is 0.318 e. The van der Waals surface area contributed by atoms with Crippen molar-refractivity contribution in [3.8, 4) is 0 Å². The summed E-state index contributed by atoms with van der Waals surface area (Å²) in [6.07, 6.45) is -0.808. The van der Waals surface area contributed by atoms with Crippen molar-refractivity contribution in [1.29, 1.82) is 0 Å². The minimum absolute atomic E-state index is 0.0170. The molecule has 1 fully saturated rings. The van der Waals surface area contributed by atoms with Crippen molar-refractivity contribution >= 4 is 51.1 Å². The fraction of sp³-hybridized carbons (Fsp3) is 0.438. The summed E-state index contributed by atoms with van der Waals surface area (Å²) < 4.78 is 31.9. The van der Waals surface area contributed by atoms with Crippen LogP contribution in [0.4, 0.5) is 4.79 Å². The SMILES string of the molecule is C[C@@H](OC(=O)C1CCN(S(=O)(=O)c2c(Cl)cccc2Cl)CC1)C(=O)NC(N)=O. The fourth-order valence-electron chi connectivity index (χ4n) is 2.74. The number of imide groups is 1. The number of nitrogens with zero attached hydrogens (tertiary/aromatic N) is 1. The standard InChI is InChI=1S/C16H19Cl2N3O6S/c1-9(14(22)20-16(19)24)27-15(23)10-5-7-21(8-6-10)28(25,26)13-11(17)3-2-4-12(13)18/h2-4,9-10H,5-8H2,1H3,(H3,19,20,22,24)/t9-/m1/s1. The van der Waals surface area contributed by atoms with Gasteiger partial charge in [0.05, 0.1) is 16.0 Å². The van der Waals surface area contributed by atoms with E-state index in [2.05, 4.69) is 0 Å². The van der Waals surface area contributed by atoms with Gasteiger partial charge < -0.3 is 10.5 Å². The van der Waals surface area contributed by atoms with Crippen LogP contribution in [-0.4, -0.2) is 49.8 Å². The molecule has 1 aromatic carbocycles. The van der Waals surface area contributed by atoms with Crippen molar-refractivity contribution in [2.45, 2.75) is 30.8 Å². The van der Waals surface area contributed by atoms with Crippen LogP contribution >= 0.6 is 23.2 Å². The number of nitrogens with one attached hydrogen (secondary N) is 1. The van der Waals surface area contributed by atoms with Crippen LogP contribution in [0.25, 0.3) is 0 Å². The lowest BCUT2D eigenvalue weighted by molar-refractivity contribution is -0.159. The van der Waals surface area contributed by atoms with Crippen LogP contribution in [0, 0.1) is 5.92 Å². The van der Waals surface area contributed by atoms with Crippen LogP contribution in [0.5, 0.6) is 0 Å². The second kappa shape index (κ2) is 9.08. The maximum absolute atomic E-state index is 12.8. The number of benzene rings is 1. The summed E-state index contributed by atoms with van der Waals surface area (Å²) in [5.41, 5.74) is 4.84.